The highest BCUT2D eigenvalue weighted by Gasteiger charge is 2.25. The molecule has 0 aromatic rings. The Labute approximate surface area is 109 Å². The lowest BCUT2D eigenvalue weighted by atomic mass is 10.0. The van der Waals surface area contributed by atoms with Crippen molar-refractivity contribution in [2.45, 2.75) is 39.3 Å². The van der Waals surface area contributed by atoms with Gasteiger partial charge in [0.1, 0.15) is 0 Å². The molecule has 0 spiro atoms. The first-order chi connectivity index (χ1) is 8.43. The minimum atomic E-state index is -0.361. The summed E-state index contributed by atoms with van der Waals surface area (Å²) < 4.78 is 0. The number of Topliss-reactive ketones (excluding diaryl/α,β-unsaturated/α-hetero) is 1. The molecule has 5 heteroatoms. The zero-order chi connectivity index (χ0) is 13.7. The number of hydrogen-bond donors (Lipinski definition) is 2. The van der Waals surface area contributed by atoms with E-state index in [0.29, 0.717) is 12.6 Å². The highest BCUT2D eigenvalue weighted by molar-refractivity contribution is 5.88. The van der Waals surface area contributed by atoms with Gasteiger partial charge in [-0.2, -0.15) is 0 Å². The summed E-state index contributed by atoms with van der Waals surface area (Å²) in [5.74, 6) is 0.101. The number of likely N-dealkylation sites (N-methyl/N-ethyl adjacent to an activating group) is 1. The molecule has 1 fully saturated rings. The summed E-state index contributed by atoms with van der Waals surface area (Å²) in [5, 5.41) is 6.04. The topological polar surface area (TPSA) is 61.4 Å². The zero-order valence-electron chi connectivity index (χ0n) is 11.8. The van der Waals surface area contributed by atoms with E-state index in [1.165, 1.54) is 6.92 Å². The van der Waals surface area contributed by atoms with Crippen LogP contribution in [0, 0.1) is 5.92 Å². The molecule has 2 N–H and O–H groups in total. The largest absolute Gasteiger partial charge is 0.345 e. The second-order valence-electron chi connectivity index (χ2n) is 5.41. The van der Waals surface area contributed by atoms with Crippen molar-refractivity contribution >= 4 is 11.7 Å². The van der Waals surface area contributed by atoms with Crippen LogP contribution in [0.1, 0.15) is 27.2 Å². The smallest absolute Gasteiger partial charge is 0.234 e. The fourth-order valence-electron chi connectivity index (χ4n) is 2.37. The van der Waals surface area contributed by atoms with Gasteiger partial charge in [0.25, 0.3) is 0 Å². The Balaban J connectivity index is 2.39. The summed E-state index contributed by atoms with van der Waals surface area (Å²) in [7, 11) is 1.94. The lowest BCUT2D eigenvalue weighted by molar-refractivity contribution is -0.128. The third kappa shape index (κ3) is 4.38. The lowest BCUT2D eigenvalue weighted by Gasteiger charge is -2.22. The van der Waals surface area contributed by atoms with E-state index in [9.17, 15) is 9.59 Å². The van der Waals surface area contributed by atoms with Gasteiger partial charge in [-0.05, 0) is 26.3 Å². The average molecular weight is 255 g/mol. The fraction of sp³-hybridized carbons (Fsp3) is 0.846. The molecular weight excluding hydrogens is 230 g/mol. The zero-order valence-corrected chi connectivity index (χ0v) is 11.8. The van der Waals surface area contributed by atoms with Crippen LogP contribution in [0.2, 0.25) is 0 Å². The van der Waals surface area contributed by atoms with Gasteiger partial charge < -0.3 is 10.6 Å². The number of nitrogens with zero attached hydrogens (tertiary/aromatic N) is 1. The number of hydrogen-bond acceptors (Lipinski definition) is 4. The van der Waals surface area contributed by atoms with Crippen molar-refractivity contribution < 1.29 is 9.59 Å². The summed E-state index contributed by atoms with van der Waals surface area (Å²) in [6, 6.07) is 0.117. The van der Waals surface area contributed by atoms with Gasteiger partial charge in [0.15, 0.2) is 5.78 Å². The van der Waals surface area contributed by atoms with Gasteiger partial charge in [0.05, 0.1) is 12.6 Å². The molecule has 1 aliphatic rings. The van der Waals surface area contributed by atoms with E-state index in [4.69, 9.17) is 0 Å². The second kappa shape index (κ2) is 6.85. The summed E-state index contributed by atoms with van der Waals surface area (Å²) >= 11 is 0. The van der Waals surface area contributed by atoms with E-state index in [0.717, 1.165) is 19.5 Å². The SMILES string of the molecule is CNC1CCN(CC(=O)NC(C(C)=O)C(C)C)C1. The normalized spacial score (nSPS) is 22.2. The van der Waals surface area contributed by atoms with Crippen LogP contribution in [-0.2, 0) is 9.59 Å². The molecule has 2 unspecified atom stereocenters. The third-order valence-corrected chi connectivity index (χ3v) is 3.47. The highest BCUT2D eigenvalue weighted by Crippen LogP contribution is 2.08. The van der Waals surface area contributed by atoms with Crippen molar-refractivity contribution in [2.75, 3.05) is 26.7 Å². The van der Waals surface area contributed by atoms with E-state index in [-0.39, 0.29) is 23.7 Å². The van der Waals surface area contributed by atoms with Crippen molar-refractivity contribution in [3.8, 4) is 0 Å². The van der Waals surface area contributed by atoms with Crippen molar-refractivity contribution in [1.29, 1.82) is 0 Å². The minimum Gasteiger partial charge on any atom is -0.345 e. The van der Waals surface area contributed by atoms with Crippen LogP contribution < -0.4 is 10.6 Å². The molecule has 18 heavy (non-hydrogen) atoms. The van der Waals surface area contributed by atoms with Gasteiger partial charge >= 0.3 is 0 Å². The fourth-order valence-corrected chi connectivity index (χ4v) is 2.37. The summed E-state index contributed by atoms with van der Waals surface area (Å²) in [5.41, 5.74) is 0. The maximum Gasteiger partial charge on any atom is 0.234 e. The average Bonchev–Trinajstić information content (AvgIpc) is 2.72. The maximum atomic E-state index is 11.9. The van der Waals surface area contributed by atoms with Gasteiger partial charge in [-0.25, -0.2) is 0 Å². The van der Waals surface area contributed by atoms with Gasteiger partial charge in [-0.3, -0.25) is 14.5 Å². The molecule has 1 amide bonds. The van der Waals surface area contributed by atoms with Crippen LogP contribution in [0.15, 0.2) is 0 Å². The molecular formula is C13H25N3O2. The monoisotopic (exact) mass is 255 g/mol. The summed E-state index contributed by atoms with van der Waals surface area (Å²) in [6.07, 6.45) is 1.07. The molecule has 0 saturated carbocycles. The number of likely N-dealkylation sites (tertiary alicyclic amines) is 1. The lowest BCUT2D eigenvalue weighted by Crippen LogP contribution is -2.47. The van der Waals surface area contributed by atoms with Crippen LogP contribution in [0.25, 0.3) is 0 Å². The Hall–Kier alpha value is -0.940. The Morgan fingerprint density at radius 1 is 1.39 bits per heavy atom. The van der Waals surface area contributed by atoms with Crippen LogP contribution in [0.3, 0.4) is 0 Å². The van der Waals surface area contributed by atoms with Gasteiger partial charge in [-0.1, -0.05) is 13.8 Å². The first kappa shape index (κ1) is 15.1. The van der Waals surface area contributed by atoms with Crippen LogP contribution in [0.4, 0.5) is 0 Å². The van der Waals surface area contributed by atoms with Gasteiger partial charge in [0.2, 0.25) is 5.91 Å². The van der Waals surface area contributed by atoms with Crippen LogP contribution in [-0.4, -0.2) is 55.4 Å². The molecule has 2 atom stereocenters. The molecule has 1 aliphatic heterocycles. The van der Waals surface area contributed by atoms with E-state index < -0.39 is 0 Å². The summed E-state index contributed by atoms with van der Waals surface area (Å²) in [4.78, 5) is 25.4. The van der Waals surface area contributed by atoms with Crippen molar-refractivity contribution in [3.63, 3.8) is 0 Å². The van der Waals surface area contributed by atoms with Crippen LogP contribution in [0.5, 0.6) is 0 Å². The molecule has 0 aliphatic carbocycles. The van der Waals surface area contributed by atoms with Crippen LogP contribution >= 0.6 is 0 Å². The van der Waals surface area contributed by atoms with Crippen molar-refractivity contribution in [3.05, 3.63) is 0 Å². The van der Waals surface area contributed by atoms with E-state index >= 15 is 0 Å². The Morgan fingerprint density at radius 2 is 2.06 bits per heavy atom. The number of rotatable bonds is 6. The molecule has 0 aromatic heterocycles. The van der Waals surface area contributed by atoms with Gasteiger partial charge in [0, 0.05) is 19.1 Å². The predicted molar refractivity (Wildman–Crippen MR) is 71.4 cm³/mol. The molecule has 0 bridgehead atoms. The number of amides is 1. The molecule has 1 heterocycles. The maximum absolute atomic E-state index is 11.9. The third-order valence-electron chi connectivity index (χ3n) is 3.47. The number of carbonyl (C=O) groups is 2. The number of carbonyl (C=O) groups excluding carboxylic acids is 2. The Morgan fingerprint density at radius 3 is 2.50 bits per heavy atom. The van der Waals surface area contributed by atoms with E-state index in [2.05, 4.69) is 15.5 Å². The van der Waals surface area contributed by atoms with Crippen molar-refractivity contribution in [1.82, 2.24) is 15.5 Å². The summed E-state index contributed by atoms with van der Waals surface area (Å²) in [6.45, 7) is 7.63. The minimum absolute atomic E-state index is 0.0212. The molecule has 5 nitrogen and oxygen atoms in total. The highest BCUT2D eigenvalue weighted by atomic mass is 16.2. The first-order valence-electron chi connectivity index (χ1n) is 6.63. The number of ketones is 1. The Bertz CT molecular complexity index is 305. The predicted octanol–water partition coefficient (Wildman–Crippen LogP) is 0.00990. The first-order valence-corrected chi connectivity index (χ1v) is 6.63. The number of nitrogens with one attached hydrogen (secondary N) is 2. The molecule has 1 rings (SSSR count). The molecule has 104 valence electrons. The second-order valence-corrected chi connectivity index (χ2v) is 5.41. The molecule has 1 saturated heterocycles. The molecule has 0 radical (unpaired) electrons. The quantitative estimate of drug-likeness (QED) is 0.702. The molecule has 0 aromatic carbocycles. The Kier molecular flexibility index (Phi) is 5.75. The van der Waals surface area contributed by atoms with Gasteiger partial charge in [-0.15, -0.1) is 0 Å². The van der Waals surface area contributed by atoms with E-state index in [1.54, 1.807) is 0 Å². The van der Waals surface area contributed by atoms with E-state index in [1.807, 2.05) is 20.9 Å². The van der Waals surface area contributed by atoms with Crippen molar-refractivity contribution in [2.24, 2.45) is 5.92 Å². The standard InChI is InChI=1S/C13H25N3O2/c1-9(2)13(10(3)17)15-12(18)8-16-6-5-11(7-16)14-4/h9,11,13-14H,5-8H2,1-4H3,(H,15,18).